The molecule has 0 radical (unpaired) electrons. The summed E-state index contributed by atoms with van der Waals surface area (Å²) in [6.07, 6.45) is 12.2. The third kappa shape index (κ3) is 6.75. The van der Waals surface area contributed by atoms with E-state index in [4.69, 9.17) is 17.0 Å². The minimum absolute atomic E-state index is 0.826. The molecule has 0 saturated heterocycles. The average molecular weight is 506 g/mol. The molecule has 3 aromatic carbocycles. The average Bonchev–Trinajstić information content (AvgIpc) is 2.96. The molecule has 3 heteroatoms. The summed E-state index contributed by atoms with van der Waals surface area (Å²) in [5, 5.41) is 2.84. The van der Waals surface area contributed by atoms with Crippen molar-refractivity contribution in [3.63, 3.8) is 0 Å². The number of hydrogen-bond acceptors (Lipinski definition) is 0. The van der Waals surface area contributed by atoms with Crippen LogP contribution < -0.4 is 0 Å². The van der Waals surface area contributed by atoms with Gasteiger partial charge in [-0.05, 0) is 29.9 Å². The Morgan fingerprint density at radius 1 is 0.966 bits per heavy atom. The topological polar surface area (TPSA) is 0 Å². The second-order valence-corrected chi connectivity index (χ2v) is 12.0. The van der Waals surface area contributed by atoms with E-state index in [1.54, 1.807) is 5.56 Å². The molecule has 0 aliphatic heterocycles. The fourth-order valence-electron chi connectivity index (χ4n) is 4.71. The van der Waals surface area contributed by atoms with E-state index in [-0.39, 0.29) is 0 Å². The van der Waals surface area contributed by atoms with Crippen LogP contribution >= 0.6 is 17.0 Å². The molecule has 0 aromatic heterocycles. The first-order valence-corrected chi connectivity index (χ1v) is 17.3. The molecule has 1 fully saturated rings. The van der Waals surface area contributed by atoms with Gasteiger partial charge in [0.2, 0.25) is 0 Å². The molecule has 0 bridgehead atoms. The number of fused-ring (bicyclic) bond motifs is 1. The third-order valence-corrected chi connectivity index (χ3v) is 6.11. The van der Waals surface area contributed by atoms with Crippen LogP contribution in [0, 0.1) is 5.92 Å². The summed E-state index contributed by atoms with van der Waals surface area (Å²) in [6.45, 7) is 2.24. The maximum atomic E-state index is 4.93. The van der Waals surface area contributed by atoms with Crippen LogP contribution in [0.1, 0.15) is 63.0 Å². The van der Waals surface area contributed by atoms with Crippen LogP contribution in [0.5, 0.6) is 0 Å². The Morgan fingerprint density at radius 2 is 1.66 bits per heavy atom. The van der Waals surface area contributed by atoms with E-state index in [9.17, 15) is 0 Å². The fourth-order valence-corrected chi connectivity index (χ4v) is 4.71. The van der Waals surface area contributed by atoms with Crippen molar-refractivity contribution in [2.24, 2.45) is 5.92 Å². The number of hydrogen-bond donors (Lipinski definition) is 0. The minimum atomic E-state index is -0.826. The molecular formula is C26H31Cl2Zr-. The zero-order valence-electron chi connectivity index (χ0n) is 17.4. The Hall–Kier alpha value is -0.487. The van der Waals surface area contributed by atoms with E-state index in [0.717, 1.165) is 5.92 Å². The van der Waals surface area contributed by atoms with Crippen LogP contribution in [0.2, 0.25) is 0 Å². The molecule has 29 heavy (non-hydrogen) atoms. The second-order valence-electron chi connectivity index (χ2n) is 8.25. The summed E-state index contributed by atoms with van der Waals surface area (Å²) in [4.78, 5) is 0. The van der Waals surface area contributed by atoms with E-state index in [0.29, 0.717) is 0 Å². The standard InChI is InChI=1S/C26H31.2ClH.Zr/c1-2-8-20-13-15-23(16-14-20)25-12-7-11-24-18-22(19-26(24)25)17-21-9-5-3-4-6-10-21;;;/h7,11-16,18-19,21H,2-6,8-10,17H2,1H3;2*1H;/q-1;;;+2/p-2. The van der Waals surface area contributed by atoms with Crippen LogP contribution in [0.3, 0.4) is 0 Å². The van der Waals surface area contributed by atoms with Crippen LogP contribution in [0.25, 0.3) is 21.9 Å². The van der Waals surface area contributed by atoms with Crippen LogP contribution in [0.4, 0.5) is 0 Å². The Bertz CT molecular complexity index is 858. The molecule has 0 nitrogen and oxygen atoms in total. The Balaban J connectivity index is 0.000000755. The summed E-state index contributed by atoms with van der Waals surface area (Å²) in [5.41, 5.74) is 5.72. The van der Waals surface area contributed by atoms with Crippen LogP contribution in [-0.2, 0) is 33.7 Å². The van der Waals surface area contributed by atoms with Crippen molar-refractivity contribution in [2.45, 2.75) is 64.7 Å². The van der Waals surface area contributed by atoms with Crippen molar-refractivity contribution in [1.82, 2.24) is 0 Å². The van der Waals surface area contributed by atoms with E-state index in [1.807, 2.05) is 0 Å². The quantitative estimate of drug-likeness (QED) is 0.240. The molecule has 0 heterocycles. The van der Waals surface area contributed by atoms with Crippen LogP contribution in [-0.4, -0.2) is 0 Å². The van der Waals surface area contributed by atoms with Gasteiger partial charge in [-0.25, -0.2) is 0 Å². The maximum absolute atomic E-state index is 4.93. The van der Waals surface area contributed by atoms with Gasteiger partial charge in [-0.2, -0.15) is 6.07 Å². The van der Waals surface area contributed by atoms with Crippen molar-refractivity contribution in [3.8, 4) is 11.1 Å². The van der Waals surface area contributed by atoms with Gasteiger partial charge in [0, 0.05) is 0 Å². The molecule has 0 unspecified atom stereocenters. The summed E-state index contributed by atoms with van der Waals surface area (Å²) >= 11 is -0.826. The summed E-state index contributed by atoms with van der Waals surface area (Å²) < 4.78 is 0. The monoisotopic (exact) mass is 503 g/mol. The molecule has 154 valence electrons. The van der Waals surface area contributed by atoms with Crippen LogP contribution in [0.15, 0.2) is 54.6 Å². The molecule has 1 aliphatic rings. The van der Waals surface area contributed by atoms with Gasteiger partial charge in [-0.15, -0.1) is 34.5 Å². The molecule has 0 N–H and O–H groups in total. The van der Waals surface area contributed by atoms with Gasteiger partial charge < -0.3 is 0 Å². The molecule has 1 saturated carbocycles. The summed E-state index contributed by atoms with van der Waals surface area (Å²) in [6, 6.07) is 20.9. The second kappa shape index (κ2) is 12.4. The van der Waals surface area contributed by atoms with E-state index in [2.05, 4.69) is 61.5 Å². The Kier molecular flexibility index (Phi) is 9.90. The van der Waals surface area contributed by atoms with Gasteiger partial charge in [0.25, 0.3) is 0 Å². The molecule has 0 amide bonds. The van der Waals surface area contributed by atoms with Gasteiger partial charge in [-0.1, -0.05) is 87.8 Å². The molecular weight excluding hydrogens is 474 g/mol. The SMILES string of the molecule is CCCc1ccc(-c2cccc3[cH-]c(CC4CCCCCC4)cc23)cc1.[Cl][Zr][Cl]. The number of halogens is 2. The van der Waals surface area contributed by atoms with Crippen molar-refractivity contribution < 1.29 is 20.8 Å². The molecule has 4 rings (SSSR count). The van der Waals surface area contributed by atoms with Gasteiger partial charge in [0.05, 0.1) is 0 Å². The van der Waals surface area contributed by atoms with Gasteiger partial charge >= 0.3 is 37.9 Å². The van der Waals surface area contributed by atoms with E-state index < -0.39 is 20.8 Å². The molecule has 3 aromatic rings. The number of rotatable bonds is 5. The first kappa shape index (κ1) is 23.2. The van der Waals surface area contributed by atoms with Crippen molar-refractivity contribution >= 4 is 27.8 Å². The van der Waals surface area contributed by atoms with E-state index in [1.165, 1.54) is 85.3 Å². The number of benzene rings is 2. The normalized spacial score (nSPS) is 14.9. The predicted octanol–water partition coefficient (Wildman–Crippen LogP) is 9.07. The summed E-state index contributed by atoms with van der Waals surface area (Å²) in [5.74, 6) is 0.895. The van der Waals surface area contributed by atoms with E-state index >= 15 is 0 Å². The van der Waals surface area contributed by atoms with Gasteiger partial charge in [0.1, 0.15) is 0 Å². The predicted molar refractivity (Wildman–Crippen MR) is 126 cm³/mol. The first-order valence-electron chi connectivity index (χ1n) is 11.0. The van der Waals surface area contributed by atoms with Crippen molar-refractivity contribution in [1.29, 1.82) is 0 Å². The first-order chi connectivity index (χ1) is 14.2. The Morgan fingerprint density at radius 3 is 2.31 bits per heavy atom. The Labute approximate surface area is 195 Å². The fraction of sp³-hybridized carbons (Fsp3) is 0.423. The van der Waals surface area contributed by atoms with Crippen molar-refractivity contribution in [2.75, 3.05) is 0 Å². The zero-order chi connectivity index (χ0) is 20.5. The molecule has 0 spiro atoms. The van der Waals surface area contributed by atoms with Gasteiger partial charge in [-0.3, -0.25) is 0 Å². The van der Waals surface area contributed by atoms with Crippen molar-refractivity contribution in [3.05, 3.63) is 65.7 Å². The third-order valence-electron chi connectivity index (χ3n) is 6.11. The molecule has 0 atom stereocenters. The number of aryl methyl sites for hydroxylation is 1. The zero-order valence-corrected chi connectivity index (χ0v) is 21.4. The molecule has 1 aliphatic carbocycles. The summed E-state index contributed by atoms with van der Waals surface area (Å²) in [7, 11) is 9.87. The van der Waals surface area contributed by atoms with Gasteiger partial charge in [0.15, 0.2) is 0 Å².